The molecule has 0 saturated heterocycles. The Hall–Kier alpha value is -1.30. The van der Waals surface area contributed by atoms with Gasteiger partial charge in [0, 0.05) is 6.54 Å². The second-order valence-corrected chi connectivity index (χ2v) is 6.44. The summed E-state index contributed by atoms with van der Waals surface area (Å²) in [6.07, 6.45) is -0.781. The summed E-state index contributed by atoms with van der Waals surface area (Å²) >= 11 is 5.28. The van der Waals surface area contributed by atoms with Gasteiger partial charge in [-0.3, -0.25) is 0 Å². The molecule has 0 amide bonds. The van der Waals surface area contributed by atoms with Crippen molar-refractivity contribution in [2.45, 2.75) is 38.9 Å². The number of benzene rings is 1. The molecule has 0 aliphatic heterocycles. The van der Waals surface area contributed by atoms with Gasteiger partial charge in [-0.15, -0.1) is 0 Å². The Morgan fingerprint density at radius 2 is 2.10 bits per heavy atom. The van der Waals surface area contributed by atoms with Crippen LogP contribution in [0.4, 0.5) is 13.2 Å². The molecule has 1 aromatic carbocycles. The summed E-state index contributed by atoms with van der Waals surface area (Å²) in [5.74, 6) is 1.29. The SMILES string of the molecule is CC1CCC(Cn2c(=S)[nH]c3cc(C(F)(F)F)ccc32)C1. The Morgan fingerprint density at radius 1 is 1.33 bits per heavy atom. The molecule has 2 unspecified atom stereocenters. The van der Waals surface area contributed by atoms with Crippen LogP contribution in [0.15, 0.2) is 18.2 Å². The van der Waals surface area contributed by atoms with Crippen molar-refractivity contribution < 1.29 is 13.2 Å². The van der Waals surface area contributed by atoms with Gasteiger partial charge in [0.2, 0.25) is 0 Å². The van der Waals surface area contributed by atoms with Gasteiger partial charge in [0.15, 0.2) is 4.77 Å². The second kappa shape index (κ2) is 5.16. The minimum absolute atomic E-state index is 0.459. The first-order chi connectivity index (χ1) is 9.84. The van der Waals surface area contributed by atoms with Crippen LogP contribution in [0.2, 0.25) is 0 Å². The standard InChI is InChI=1S/C15H17F3N2S/c1-9-2-3-10(6-9)8-20-13-5-4-11(15(16,17)18)7-12(13)19-14(20)21/h4-5,7,9-10H,2-3,6,8H2,1H3,(H,19,21). The van der Waals surface area contributed by atoms with Crippen molar-refractivity contribution in [1.82, 2.24) is 9.55 Å². The first kappa shape index (κ1) is 14.6. The van der Waals surface area contributed by atoms with Crippen LogP contribution in [0.3, 0.4) is 0 Å². The molecule has 2 atom stereocenters. The molecular formula is C15H17F3N2S. The molecule has 1 aliphatic rings. The van der Waals surface area contributed by atoms with Gasteiger partial charge >= 0.3 is 6.18 Å². The molecular weight excluding hydrogens is 297 g/mol. The number of hydrogen-bond donors (Lipinski definition) is 1. The molecule has 2 nitrogen and oxygen atoms in total. The van der Waals surface area contributed by atoms with E-state index in [4.69, 9.17) is 12.2 Å². The van der Waals surface area contributed by atoms with Gasteiger partial charge in [-0.2, -0.15) is 13.2 Å². The number of aromatic amines is 1. The predicted octanol–water partition coefficient (Wildman–Crippen LogP) is 5.15. The van der Waals surface area contributed by atoms with E-state index in [0.717, 1.165) is 43.0 Å². The van der Waals surface area contributed by atoms with Gasteiger partial charge in [0.1, 0.15) is 0 Å². The van der Waals surface area contributed by atoms with Gasteiger partial charge in [0.05, 0.1) is 16.6 Å². The normalized spacial score (nSPS) is 23.0. The zero-order valence-corrected chi connectivity index (χ0v) is 12.5. The highest BCUT2D eigenvalue weighted by Gasteiger charge is 2.31. The largest absolute Gasteiger partial charge is 0.416 e. The van der Waals surface area contributed by atoms with E-state index in [2.05, 4.69) is 11.9 Å². The number of H-pyrrole nitrogens is 1. The lowest BCUT2D eigenvalue weighted by atomic mass is 10.1. The van der Waals surface area contributed by atoms with Crippen molar-refractivity contribution in [2.75, 3.05) is 0 Å². The molecule has 1 fully saturated rings. The van der Waals surface area contributed by atoms with E-state index >= 15 is 0 Å². The number of nitrogens with zero attached hydrogens (tertiary/aromatic N) is 1. The molecule has 1 saturated carbocycles. The van der Waals surface area contributed by atoms with Gasteiger partial charge in [-0.05, 0) is 55.1 Å². The maximum Gasteiger partial charge on any atom is 0.416 e. The average Bonchev–Trinajstić information content (AvgIpc) is 2.93. The minimum atomic E-state index is -4.33. The number of halogens is 3. The number of imidazole rings is 1. The van der Waals surface area contributed by atoms with E-state index in [1.807, 2.05) is 4.57 Å². The monoisotopic (exact) mass is 314 g/mol. The van der Waals surface area contributed by atoms with Gasteiger partial charge in [0.25, 0.3) is 0 Å². The molecule has 2 aromatic rings. The van der Waals surface area contributed by atoms with E-state index < -0.39 is 11.7 Å². The maximum atomic E-state index is 12.7. The fourth-order valence-electron chi connectivity index (χ4n) is 3.27. The number of nitrogens with one attached hydrogen (secondary N) is 1. The van der Waals surface area contributed by atoms with Crippen LogP contribution >= 0.6 is 12.2 Å². The summed E-state index contributed by atoms with van der Waals surface area (Å²) in [5, 5.41) is 0. The third kappa shape index (κ3) is 2.86. The van der Waals surface area contributed by atoms with Crippen molar-refractivity contribution >= 4 is 23.3 Å². The smallest absolute Gasteiger partial charge is 0.331 e. The Bertz CT molecular complexity index is 714. The Labute approximate surface area is 126 Å². The summed E-state index contributed by atoms with van der Waals surface area (Å²) in [4.78, 5) is 2.90. The maximum absolute atomic E-state index is 12.7. The van der Waals surface area contributed by atoms with Crippen LogP contribution in [0.1, 0.15) is 31.7 Å². The zero-order valence-electron chi connectivity index (χ0n) is 11.7. The number of rotatable bonds is 2. The molecule has 1 N–H and O–H groups in total. The van der Waals surface area contributed by atoms with Crippen LogP contribution in [0.5, 0.6) is 0 Å². The van der Waals surface area contributed by atoms with Gasteiger partial charge in [-0.25, -0.2) is 0 Å². The van der Waals surface area contributed by atoms with E-state index in [-0.39, 0.29) is 0 Å². The van der Waals surface area contributed by atoms with Crippen LogP contribution < -0.4 is 0 Å². The molecule has 0 radical (unpaired) electrons. The molecule has 0 spiro atoms. The quantitative estimate of drug-likeness (QED) is 0.760. The van der Waals surface area contributed by atoms with Gasteiger partial charge in [-0.1, -0.05) is 13.3 Å². The second-order valence-electron chi connectivity index (χ2n) is 6.05. The van der Waals surface area contributed by atoms with Crippen LogP contribution in [-0.2, 0) is 12.7 Å². The fourth-order valence-corrected chi connectivity index (χ4v) is 3.55. The Kier molecular flexibility index (Phi) is 3.59. The van der Waals surface area contributed by atoms with E-state index in [1.54, 1.807) is 0 Å². The Morgan fingerprint density at radius 3 is 2.71 bits per heavy atom. The molecule has 21 heavy (non-hydrogen) atoms. The molecule has 114 valence electrons. The minimum Gasteiger partial charge on any atom is -0.331 e. The molecule has 1 aliphatic carbocycles. The number of hydrogen-bond acceptors (Lipinski definition) is 1. The lowest BCUT2D eigenvalue weighted by molar-refractivity contribution is -0.137. The van der Waals surface area contributed by atoms with Crippen molar-refractivity contribution in [2.24, 2.45) is 11.8 Å². The van der Waals surface area contributed by atoms with Crippen LogP contribution in [-0.4, -0.2) is 9.55 Å². The summed E-state index contributed by atoms with van der Waals surface area (Å²) < 4.78 is 40.7. The number of fused-ring (bicyclic) bond motifs is 1. The summed E-state index contributed by atoms with van der Waals surface area (Å²) in [5.41, 5.74) is 0.571. The molecule has 1 aromatic heterocycles. The van der Waals surface area contributed by atoms with Crippen LogP contribution in [0, 0.1) is 16.6 Å². The first-order valence-corrected chi connectivity index (χ1v) is 7.55. The summed E-state index contributed by atoms with van der Waals surface area (Å²) in [6.45, 7) is 3.03. The van der Waals surface area contributed by atoms with E-state index in [0.29, 0.717) is 16.2 Å². The topological polar surface area (TPSA) is 20.7 Å². The average molecular weight is 314 g/mol. The molecule has 1 heterocycles. The highest BCUT2D eigenvalue weighted by atomic mass is 32.1. The van der Waals surface area contributed by atoms with Crippen molar-refractivity contribution in [1.29, 1.82) is 0 Å². The van der Waals surface area contributed by atoms with Gasteiger partial charge < -0.3 is 9.55 Å². The number of alkyl halides is 3. The predicted molar refractivity (Wildman–Crippen MR) is 78.6 cm³/mol. The lowest BCUT2D eigenvalue weighted by Crippen LogP contribution is -2.08. The highest BCUT2D eigenvalue weighted by Crippen LogP contribution is 2.34. The fraction of sp³-hybridized carbons (Fsp3) is 0.533. The third-order valence-electron chi connectivity index (χ3n) is 4.35. The van der Waals surface area contributed by atoms with E-state index in [9.17, 15) is 13.2 Å². The number of aromatic nitrogens is 2. The zero-order chi connectivity index (χ0) is 15.2. The Balaban J connectivity index is 1.96. The first-order valence-electron chi connectivity index (χ1n) is 7.14. The summed E-state index contributed by atoms with van der Waals surface area (Å²) in [7, 11) is 0. The van der Waals surface area contributed by atoms with E-state index in [1.165, 1.54) is 12.5 Å². The third-order valence-corrected chi connectivity index (χ3v) is 4.67. The van der Waals surface area contributed by atoms with Crippen molar-refractivity contribution in [3.05, 3.63) is 28.5 Å². The van der Waals surface area contributed by atoms with Crippen molar-refractivity contribution in [3.8, 4) is 0 Å². The van der Waals surface area contributed by atoms with Crippen molar-refractivity contribution in [3.63, 3.8) is 0 Å². The summed E-state index contributed by atoms with van der Waals surface area (Å²) in [6, 6.07) is 3.78. The molecule has 0 bridgehead atoms. The highest BCUT2D eigenvalue weighted by molar-refractivity contribution is 7.71. The molecule has 6 heteroatoms. The van der Waals surface area contributed by atoms with Crippen LogP contribution in [0.25, 0.3) is 11.0 Å². The lowest BCUT2D eigenvalue weighted by Gasteiger charge is -2.12. The molecule has 3 rings (SSSR count).